The standard InChI is InChI=1S/C14H18O3S/c1-11-8-9-12(2)17-14(11)10-18(15,16)13-6-4-3-5-7-13/h3-7,12,14H,1,8-10H2,2H3/t12-,14+/m0/s1. The molecule has 0 bridgehead atoms. The van der Waals surface area contributed by atoms with Gasteiger partial charge in [0.05, 0.1) is 22.9 Å². The molecule has 98 valence electrons. The van der Waals surface area contributed by atoms with E-state index >= 15 is 0 Å². The smallest absolute Gasteiger partial charge is 0.181 e. The second-order valence-corrected chi connectivity index (χ2v) is 6.76. The molecule has 1 aromatic rings. The van der Waals surface area contributed by atoms with Crippen LogP contribution in [0, 0.1) is 0 Å². The molecule has 1 saturated heterocycles. The zero-order valence-corrected chi connectivity index (χ0v) is 11.3. The van der Waals surface area contributed by atoms with Crippen molar-refractivity contribution in [3.05, 3.63) is 42.5 Å². The molecule has 0 aliphatic carbocycles. The van der Waals surface area contributed by atoms with Gasteiger partial charge in [-0.15, -0.1) is 0 Å². The Bertz CT molecular complexity index is 519. The molecule has 0 saturated carbocycles. The number of rotatable bonds is 3. The number of hydrogen-bond acceptors (Lipinski definition) is 3. The predicted molar refractivity (Wildman–Crippen MR) is 71.2 cm³/mol. The molecule has 1 fully saturated rings. The molecule has 0 spiro atoms. The Morgan fingerprint density at radius 1 is 1.33 bits per heavy atom. The first kappa shape index (κ1) is 13.3. The Hall–Kier alpha value is -1.13. The minimum atomic E-state index is -3.30. The molecule has 18 heavy (non-hydrogen) atoms. The van der Waals surface area contributed by atoms with Gasteiger partial charge in [-0.25, -0.2) is 8.42 Å². The molecule has 2 atom stereocenters. The van der Waals surface area contributed by atoms with Gasteiger partial charge in [-0.3, -0.25) is 0 Å². The fraction of sp³-hybridized carbons (Fsp3) is 0.429. The second kappa shape index (κ2) is 5.24. The molecular weight excluding hydrogens is 248 g/mol. The molecule has 1 aliphatic rings. The molecule has 1 aromatic carbocycles. The maximum atomic E-state index is 12.2. The Balaban J connectivity index is 2.15. The van der Waals surface area contributed by atoms with E-state index in [1.165, 1.54) is 0 Å². The molecule has 0 radical (unpaired) electrons. The van der Waals surface area contributed by atoms with Crippen molar-refractivity contribution in [2.75, 3.05) is 5.75 Å². The van der Waals surface area contributed by atoms with E-state index in [0.717, 1.165) is 18.4 Å². The van der Waals surface area contributed by atoms with E-state index < -0.39 is 9.84 Å². The van der Waals surface area contributed by atoms with Gasteiger partial charge in [0.25, 0.3) is 0 Å². The summed E-state index contributed by atoms with van der Waals surface area (Å²) in [7, 11) is -3.30. The van der Waals surface area contributed by atoms with Crippen LogP contribution >= 0.6 is 0 Å². The summed E-state index contributed by atoms with van der Waals surface area (Å²) in [6.07, 6.45) is 1.49. The third kappa shape index (κ3) is 3.00. The van der Waals surface area contributed by atoms with E-state index in [9.17, 15) is 8.42 Å². The molecular formula is C14H18O3S. The third-order valence-corrected chi connectivity index (χ3v) is 4.93. The summed E-state index contributed by atoms with van der Waals surface area (Å²) >= 11 is 0. The zero-order valence-electron chi connectivity index (χ0n) is 10.5. The van der Waals surface area contributed by atoms with Crippen LogP contribution in [-0.4, -0.2) is 26.4 Å². The highest BCUT2D eigenvalue weighted by Gasteiger charge is 2.28. The summed E-state index contributed by atoms with van der Waals surface area (Å²) in [6.45, 7) is 5.89. The quantitative estimate of drug-likeness (QED) is 0.790. The van der Waals surface area contributed by atoms with Crippen LogP contribution in [0.5, 0.6) is 0 Å². The summed E-state index contributed by atoms with van der Waals surface area (Å²) in [6, 6.07) is 8.49. The van der Waals surface area contributed by atoms with Gasteiger partial charge in [0.1, 0.15) is 0 Å². The maximum absolute atomic E-state index is 12.2. The van der Waals surface area contributed by atoms with E-state index in [0.29, 0.717) is 4.90 Å². The van der Waals surface area contributed by atoms with Gasteiger partial charge in [0, 0.05) is 0 Å². The van der Waals surface area contributed by atoms with Gasteiger partial charge in [0.15, 0.2) is 9.84 Å². The largest absolute Gasteiger partial charge is 0.370 e. The molecule has 2 rings (SSSR count). The Morgan fingerprint density at radius 2 is 2.00 bits per heavy atom. The number of ether oxygens (including phenoxy) is 1. The van der Waals surface area contributed by atoms with Crippen molar-refractivity contribution in [1.29, 1.82) is 0 Å². The lowest BCUT2D eigenvalue weighted by Crippen LogP contribution is -2.33. The van der Waals surface area contributed by atoms with Crippen molar-refractivity contribution in [2.45, 2.75) is 36.9 Å². The van der Waals surface area contributed by atoms with Crippen LogP contribution in [0.1, 0.15) is 19.8 Å². The van der Waals surface area contributed by atoms with E-state index in [1.54, 1.807) is 30.3 Å². The van der Waals surface area contributed by atoms with Crippen molar-refractivity contribution in [3.8, 4) is 0 Å². The van der Waals surface area contributed by atoms with Crippen LogP contribution in [0.25, 0.3) is 0 Å². The van der Waals surface area contributed by atoms with Gasteiger partial charge in [-0.05, 0) is 37.5 Å². The van der Waals surface area contributed by atoms with E-state index in [4.69, 9.17) is 4.74 Å². The SMILES string of the molecule is C=C1CC[C@H](C)O[C@@H]1CS(=O)(=O)c1ccccc1. The van der Waals surface area contributed by atoms with Gasteiger partial charge in [0.2, 0.25) is 0 Å². The topological polar surface area (TPSA) is 43.4 Å². The summed E-state index contributed by atoms with van der Waals surface area (Å²) in [4.78, 5) is 0.347. The molecule has 4 heteroatoms. The van der Waals surface area contributed by atoms with Gasteiger partial charge < -0.3 is 4.74 Å². The van der Waals surface area contributed by atoms with E-state index in [-0.39, 0.29) is 18.0 Å². The first-order chi connectivity index (χ1) is 8.49. The lowest BCUT2D eigenvalue weighted by Gasteiger charge is -2.29. The highest BCUT2D eigenvalue weighted by atomic mass is 32.2. The molecule has 0 N–H and O–H groups in total. The highest BCUT2D eigenvalue weighted by Crippen LogP contribution is 2.25. The minimum absolute atomic E-state index is 0.0137. The summed E-state index contributed by atoms with van der Waals surface area (Å²) < 4.78 is 30.1. The van der Waals surface area contributed by atoms with Crippen molar-refractivity contribution in [2.24, 2.45) is 0 Å². The van der Waals surface area contributed by atoms with Gasteiger partial charge in [-0.1, -0.05) is 24.8 Å². The fourth-order valence-electron chi connectivity index (χ4n) is 2.07. The molecule has 1 aliphatic heterocycles. The summed E-state index contributed by atoms with van der Waals surface area (Å²) in [5.74, 6) is -0.0137. The monoisotopic (exact) mass is 266 g/mol. The minimum Gasteiger partial charge on any atom is -0.370 e. The van der Waals surface area contributed by atoms with Gasteiger partial charge in [-0.2, -0.15) is 0 Å². The first-order valence-corrected chi connectivity index (χ1v) is 7.75. The fourth-order valence-corrected chi connectivity index (χ4v) is 3.55. The van der Waals surface area contributed by atoms with Crippen LogP contribution in [-0.2, 0) is 14.6 Å². The number of benzene rings is 1. The number of sulfone groups is 1. The lowest BCUT2D eigenvalue weighted by atomic mass is 10.0. The normalized spacial score (nSPS) is 25.1. The van der Waals surface area contributed by atoms with Crippen molar-refractivity contribution >= 4 is 9.84 Å². The van der Waals surface area contributed by atoms with E-state index in [2.05, 4.69) is 6.58 Å². The molecule has 0 amide bonds. The van der Waals surface area contributed by atoms with Crippen molar-refractivity contribution in [1.82, 2.24) is 0 Å². The first-order valence-electron chi connectivity index (χ1n) is 6.10. The average molecular weight is 266 g/mol. The van der Waals surface area contributed by atoms with Crippen molar-refractivity contribution < 1.29 is 13.2 Å². The van der Waals surface area contributed by atoms with Crippen LogP contribution in [0.4, 0.5) is 0 Å². The van der Waals surface area contributed by atoms with Gasteiger partial charge >= 0.3 is 0 Å². The number of hydrogen-bond donors (Lipinski definition) is 0. The zero-order chi connectivity index (χ0) is 13.2. The second-order valence-electron chi connectivity index (χ2n) is 4.73. The molecule has 3 nitrogen and oxygen atoms in total. The summed E-state index contributed by atoms with van der Waals surface area (Å²) in [5.41, 5.74) is 0.882. The van der Waals surface area contributed by atoms with E-state index in [1.807, 2.05) is 6.92 Å². The van der Waals surface area contributed by atoms with Crippen LogP contribution in [0.15, 0.2) is 47.4 Å². The van der Waals surface area contributed by atoms with Crippen LogP contribution in [0.2, 0.25) is 0 Å². The maximum Gasteiger partial charge on any atom is 0.181 e. The highest BCUT2D eigenvalue weighted by molar-refractivity contribution is 7.91. The predicted octanol–water partition coefficient (Wildman–Crippen LogP) is 2.58. The van der Waals surface area contributed by atoms with Crippen LogP contribution < -0.4 is 0 Å². The third-order valence-electron chi connectivity index (χ3n) is 3.20. The summed E-state index contributed by atoms with van der Waals surface area (Å²) in [5, 5.41) is 0. The van der Waals surface area contributed by atoms with Crippen LogP contribution in [0.3, 0.4) is 0 Å². The molecule has 0 unspecified atom stereocenters. The average Bonchev–Trinajstić information content (AvgIpc) is 2.35. The lowest BCUT2D eigenvalue weighted by molar-refractivity contribution is 0.00377. The Labute approximate surface area is 108 Å². The Kier molecular flexibility index (Phi) is 3.88. The van der Waals surface area contributed by atoms with Crippen molar-refractivity contribution in [3.63, 3.8) is 0 Å². The molecule has 1 heterocycles. The Morgan fingerprint density at radius 3 is 2.67 bits per heavy atom. The molecule has 0 aromatic heterocycles.